The molecule has 2 aliphatic rings. The Labute approximate surface area is 159 Å². The van der Waals surface area contributed by atoms with Crippen LogP contribution in [0.1, 0.15) is 18.4 Å². The van der Waals surface area contributed by atoms with Crippen LogP contribution in [0.5, 0.6) is 5.75 Å². The lowest BCUT2D eigenvalue weighted by molar-refractivity contribution is -0.133. The maximum Gasteiger partial charge on any atom is 0.252 e. The second-order valence-electron chi connectivity index (χ2n) is 7.46. The van der Waals surface area contributed by atoms with Crippen molar-refractivity contribution in [3.8, 4) is 5.75 Å². The van der Waals surface area contributed by atoms with E-state index >= 15 is 0 Å². The van der Waals surface area contributed by atoms with Crippen LogP contribution in [-0.4, -0.2) is 31.5 Å². The largest absolute Gasteiger partial charge is 0.489 e. The van der Waals surface area contributed by atoms with Crippen LogP contribution in [0.15, 0.2) is 54.6 Å². The highest BCUT2D eigenvalue weighted by molar-refractivity contribution is 6.00. The number of fused-ring (bicyclic) bond motifs is 1. The minimum atomic E-state index is -0.650. The number of likely N-dealkylation sites (N-methyl/N-ethyl adjacent to an activating group) is 1. The van der Waals surface area contributed by atoms with Crippen LogP contribution in [0.2, 0.25) is 0 Å². The molecule has 4 rings (SSSR count). The van der Waals surface area contributed by atoms with Gasteiger partial charge in [-0.1, -0.05) is 42.5 Å². The second kappa shape index (κ2) is 7.43. The number of nitrogens with one attached hydrogen (secondary N) is 1. The third-order valence-corrected chi connectivity index (χ3v) is 5.55. The molecule has 0 aromatic heterocycles. The van der Waals surface area contributed by atoms with E-state index in [2.05, 4.69) is 17.4 Å². The van der Waals surface area contributed by atoms with Gasteiger partial charge in [0.1, 0.15) is 18.4 Å². The first kappa shape index (κ1) is 17.6. The van der Waals surface area contributed by atoms with Crippen LogP contribution < -0.4 is 15.0 Å². The lowest BCUT2D eigenvalue weighted by atomic mass is 9.71. The molecule has 1 N–H and O–H groups in total. The molecule has 2 amide bonds. The van der Waals surface area contributed by atoms with Crippen molar-refractivity contribution in [3.05, 3.63) is 60.2 Å². The molecule has 1 heterocycles. The molecule has 1 aliphatic carbocycles. The topological polar surface area (TPSA) is 58.6 Å². The van der Waals surface area contributed by atoms with Gasteiger partial charge in [-0.25, -0.2) is 0 Å². The zero-order chi connectivity index (χ0) is 18.8. The minimum Gasteiger partial charge on any atom is -0.489 e. The first-order chi connectivity index (χ1) is 13.1. The average Bonchev–Trinajstić information content (AvgIpc) is 2.77. The van der Waals surface area contributed by atoms with E-state index in [1.165, 1.54) is 5.56 Å². The average molecular weight is 364 g/mol. The van der Waals surface area contributed by atoms with Gasteiger partial charge in [0, 0.05) is 13.0 Å². The maximum absolute atomic E-state index is 12.7. The summed E-state index contributed by atoms with van der Waals surface area (Å²) >= 11 is 0. The van der Waals surface area contributed by atoms with Gasteiger partial charge in [-0.05, 0) is 42.9 Å². The molecule has 1 fully saturated rings. The van der Waals surface area contributed by atoms with Crippen molar-refractivity contribution in [2.24, 2.45) is 11.8 Å². The Balaban J connectivity index is 1.32. The first-order valence-electron chi connectivity index (χ1n) is 9.45. The highest BCUT2D eigenvalue weighted by atomic mass is 16.5. The molecule has 0 unspecified atom stereocenters. The van der Waals surface area contributed by atoms with Gasteiger partial charge in [-0.3, -0.25) is 9.59 Å². The third kappa shape index (κ3) is 3.68. The van der Waals surface area contributed by atoms with Crippen LogP contribution in [-0.2, 0) is 16.0 Å². The van der Waals surface area contributed by atoms with Crippen LogP contribution in [0.3, 0.4) is 0 Å². The highest BCUT2D eigenvalue weighted by Crippen LogP contribution is 2.36. The second-order valence-corrected chi connectivity index (χ2v) is 7.46. The highest BCUT2D eigenvalue weighted by Gasteiger charge is 2.37. The summed E-state index contributed by atoms with van der Waals surface area (Å²) in [5.74, 6) is 1.00. The number of benzene rings is 2. The molecule has 2 aromatic rings. The Morgan fingerprint density at radius 1 is 1.11 bits per heavy atom. The quantitative estimate of drug-likeness (QED) is 0.908. The smallest absolute Gasteiger partial charge is 0.252 e. The molecule has 1 atom stereocenters. The normalized spacial score (nSPS) is 24.3. The van der Waals surface area contributed by atoms with Crippen LogP contribution in [0.4, 0.5) is 5.69 Å². The summed E-state index contributed by atoms with van der Waals surface area (Å²) in [5, 5.41) is 2.91. The molecule has 0 spiro atoms. The zero-order valence-electron chi connectivity index (χ0n) is 15.4. The van der Waals surface area contributed by atoms with Crippen LogP contribution in [0.25, 0.3) is 0 Å². The summed E-state index contributed by atoms with van der Waals surface area (Å²) in [6.07, 6.45) is 2.76. The molecule has 2 aromatic carbocycles. The summed E-state index contributed by atoms with van der Waals surface area (Å²) in [6, 6.07) is 17.1. The van der Waals surface area contributed by atoms with Crippen molar-refractivity contribution in [1.82, 2.24) is 5.32 Å². The van der Waals surface area contributed by atoms with Crippen molar-refractivity contribution in [2.75, 3.05) is 18.6 Å². The fourth-order valence-corrected chi connectivity index (χ4v) is 3.91. The van der Waals surface area contributed by atoms with Crippen molar-refractivity contribution in [1.29, 1.82) is 0 Å². The number of rotatable bonds is 4. The van der Waals surface area contributed by atoms with E-state index in [0.717, 1.165) is 24.9 Å². The van der Waals surface area contributed by atoms with Gasteiger partial charge in [0.2, 0.25) is 5.91 Å². The van der Waals surface area contributed by atoms with Crippen molar-refractivity contribution >= 4 is 17.5 Å². The summed E-state index contributed by atoms with van der Waals surface area (Å²) < 4.78 is 5.76. The Morgan fingerprint density at radius 3 is 2.59 bits per heavy atom. The molecule has 27 heavy (non-hydrogen) atoms. The van der Waals surface area contributed by atoms with Gasteiger partial charge in [0.05, 0.1) is 5.69 Å². The molecular weight excluding hydrogens is 340 g/mol. The van der Waals surface area contributed by atoms with E-state index in [1.54, 1.807) is 11.9 Å². The van der Waals surface area contributed by atoms with Crippen LogP contribution >= 0.6 is 0 Å². The Morgan fingerprint density at radius 2 is 1.81 bits per heavy atom. The summed E-state index contributed by atoms with van der Waals surface area (Å²) in [4.78, 5) is 26.9. The molecular formula is C22H24N2O3. The van der Waals surface area contributed by atoms with Gasteiger partial charge < -0.3 is 15.0 Å². The van der Waals surface area contributed by atoms with Gasteiger partial charge in [0.25, 0.3) is 5.91 Å². The number of anilines is 1. The van der Waals surface area contributed by atoms with E-state index in [-0.39, 0.29) is 24.3 Å². The Kier molecular flexibility index (Phi) is 4.84. The predicted molar refractivity (Wildman–Crippen MR) is 104 cm³/mol. The summed E-state index contributed by atoms with van der Waals surface area (Å²) in [7, 11) is 1.72. The van der Waals surface area contributed by atoms with E-state index in [0.29, 0.717) is 11.7 Å². The third-order valence-electron chi connectivity index (χ3n) is 5.55. The number of carbonyl (C=O) groups is 2. The molecule has 5 nitrogen and oxygen atoms in total. The van der Waals surface area contributed by atoms with Crippen molar-refractivity contribution in [3.63, 3.8) is 0 Å². The fraction of sp³-hybridized carbons (Fsp3) is 0.364. The van der Waals surface area contributed by atoms with Gasteiger partial charge >= 0.3 is 0 Å². The molecule has 1 aliphatic heterocycles. The molecule has 140 valence electrons. The number of para-hydroxylation sites is 2. The van der Waals surface area contributed by atoms with E-state index in [9.17, 15) is 9.59 Å². The first-order valence-corrected chi connectivity index (χ1v) is 9.45. The molecule has 1 saturated carbocycles. The van der Waals surface area contributed by atoms with E-state index < -0.39 is 6.04 Å². The van der Waals surface area contributed by atoms with Crippen LogP contribution in [0, 0.1) is 11.8 Å². The minimum absolute atomic E-state index is 0.0116. The Bertz CT molecular complexity index is 830. The lowest BCUT2D eigenvalue weighted by Crippen LogP contribution is -2.52. The van der Waals surface area contributed by atoms with E-state index in [1.807, 2.05) is 42.5 Å². The lowest BCUT2D eigenvalue weighted by Gasteiger charge is -2.35. The van der Waals surface area contributed by atoms with Crippen molar-refractivity contribution in [2.45, 2.75) is 25.3 Å². The SMILES string of the molecule is CN1C(=O)[C@@H](NC(=O)[C@H]2C[C@@H](Cc3ccccc3)C2)COc2ccccc21. The molecule has 0 bridgehead atoms. The summed E-state index contributed by atoms with van der Waals surface area (Å²) in [5.41, 5.74) is 2.04. The molecule has 0 radical (unpaired) electrons. The van der Waals surface area contributed by atoms with E-state index in [4.69, 9.17) is 4.74 Å². The number of nitrogens with zero attached hydrogens (tertiary/aromatic N) is 1. The predicted octanol–water partition coefficient (Wildman–Crippen LogP) is 2.80. The van der Waals surface area contributed by atoms with Crippen molar-refractivity contribution < 1.29 is 14.3 Å². The molecule has 5 heteroatoms. The number of hydrogen-bond donors (Lipinski definition) is 1. The Hall–Kier alpha value is -2.82. The van der Waals surface area contributed by atoms with Gasteiger partial charge in [-0.15, -0.1) is 0 Å². The number of amides is 2. The zero-order valence-corrected chi connectivity index (χ0v) is 15.4. The molecule has 0 saturated heterocycles. The van der Waals surface area contributed by atoms with Gasteiger partial charge in [-0.2, -0.15) is 0 Å². The number of carbonyl (C=O) groups excluding carboxylic acids is 2. The number of ether oxygens (including phenoxy) is 1. The number of hydrogen-bond acceptors (Lipinski definition) is 3. The summed E-state index contributed by atoms with van der Waals surface area (Å²) in [6.45, 7) is 0.159. The van der Waals surface area contributed by atoms with Gasteiger partial charge in [0.15, 0.2) is 0 Å². The fourth-order valence-electron chi connectivity index (χ4n) is 3.91. The standard InChI is InChI=1S/C22H24N2O3/c1-24-19-9-5-6-10-20(19)27-14-18(22(24)26)23-21(25)17-12-16(13-17)11-15-7-3-2-4-8-15/h2-10,16-18H,11-14H2,1H3,(H,23,25)/t16-,17+,18-/m0/s1. The monoisotopic (exact) mass is 364 g/mol. The maximum atomic E-state index is 12.7.